The van der Waals surface area contributed by atoms with Crippen molar-refractivity contribution in [2.24, 2.45) is 17.8 Å². The first-order valence-electron chi connectivity index (χ1n) is 13.2. The number of nitrogens with zero attached hydrogens (tertiary/aromatic N) is 2. The average Bonchev–Trinajstić information content (AvgIpc) is 3.49. The maximum Gasteiger partial charge on any atom is 0.182 e. The lowest BCUT2D eigenvalue weighted by Gasteiger charge is -2.36. The number of carbonyl (C=O) groups excluding carboxylic acids is 1. The van der Waals surface area contributed by atoms with Gasteiger partial charge in [0.1, 0.15) is 5.82 Å². The van der Waals surface area contributed by atoms with Gasteiger partial charge in [0.2, 0.25) is 0 Å². The number of carbonyl (C=O) groups is 1. The van der Waals surface area contributed by atoms with Crippen molar-refractivity contribution in [3.05, 3.63) is 65.0 Å². The van der Waals surface area contributed by atoms with Gasteiger partial charge in [-0.2, -0.15) is 0 Å². The second-order valence-electron chi connectivity index (χ2n) is 11.1. The molecular formula is C29H36FN3O. The van der Waals surface area contributed by atoms with E-state index < -0.39 is 0 Å². The average molecular weight is 462 g/mol. The number of likely N-dealkylation sites (N-methyl/N-ethyl adjacent to an activating group) is 1. The highest BCUT2D eigenvalue weighted by Gasteiger charge is 2.50. The predicted molar refractivity (Wildman–Crippen MR) is 134 cm³/mol. The second kappa shape index (κ2) is 9.09. The molecule has 0 radical (unpaired) electrons. The summed E-state index contributed by atoms with van der Waals surface area (Å²) in [6, 6.07) is 13.3. The number of hydrogen-bond donors (Lipinski definition) is 1. The molecule has 1 unspecified atom stereocenters. The zero-order valence-corrected chi connectivity index (χ0v) is 20.2. The lowest BCUT2D eigenvalue weighted by atomic mass is 9.82. The molecule has 0 amide bonds. The first kappa shape index (κ1) is 22.2. The van der Waals surface area contributed by atoms with E-state index in [1.54, 1.807) is 12.1 Å². The van der Waals surface area contributed by atoms with Crippen molar-refractivity contribution >= 4 is 11.5 Å². The molecule has 2 saturated heterocycles. The zero-order chi connectivity index (χ0) is 23.2. The molecule has 5 heteroatoms. The standard InChI is InChI=1S/C29H36FN3O/c1-32-17-25(21-5-6-21)26(28(32)29(34)24-4-2-3-22-11-14-31-27(22)24)18-33-15-12-20(13-16-33)19-7-9-23(30)10-8-19/h2-4,7-10,20-21,25-26,28,31H,5-6,11-18H2,1H3/t25-,26-,28?/m0/s1. The third-order valence-electron chi connectivity index (χ3n) is 8.94. The third kappa shape index (κ3) is 4.18. The first-order chi connectivity index (χ1) is 16.6. The van der Waals surface area contributed by atoms with Gasteiger partial charge in [-0.1, -0.05) is 24.3 Å². The smallest absolute Gasteiger partial charge is 0.182 e. The maximum absolute atomic E-state index is 14.0. The Labute approximate surface area is 202 Å². The van der Waals surface area contributed by atoms with E-state index in [9.17, 15) is 9.18 Å². The molecule has 0 bridgehead atoms. The van der Waals surface area contributed by atoms with Crippen molar-refractivity contribution in [1.82, 2.24) is 9.80 Å². The minimum Gasteiger partial charge on any atom is -0.384 e. The van der Waals surface area contributed by atoms with Gasteiger partial charge in [-0.05, 0) is 105 Å². The SMILES string of the molecule is CN1C[C@@H](C2CC2)[C@H](CN2CCC(c3ccc(F)cc3)CC2)C1C(=O)c1cccc2c1NCC2. The molecule has 4 aliphatic rings. The largest absolute Gasteiger partial charge is 0.384 e. The van der Waals surface area contributed by atoms with E-state index in [2.05, 4.69) is 34.3 Å². The number of ketones is 1. The summed E-state index contributed by atoms with van der Waals surface area (Å²) in [5.74, 6) is 2.47. The van der Waals surface area contributed by atoms with Gasteiger partial charge in [0, 0.05) is 30.9 Å². The monoisotopic (exact) mass is 461 g/mol. The van der Waals surface area contributed by atoms with Crippen molar-refractivity contribution in [1.29, 1.82) is 0 Å². The Morgan fingerprint density at radius 3 is 2.56 bits per heavy atom. The van der Waals surface area contributed by atoms with Crippen molar-refractivity contribution < 1.29 is 9.18 Å². The summed E-state index contributed by atoms with van der Waals surface area (Å²) in [7, 11) is 2.16. The highest BCUT2D eigenvalue weighted by molar-refractivity contribution is 6.05. The summed E-state index contributed by atoms with van der Waals surface area (Å²) in [6.45, 7) is 5.10. The number of rotatable bonds is 6. The molecule has 0 spiro atoms. The number of likely N-dealkylation sites (tertiary alicyclic amines) is 2. The number of halogens is 1. The topological polar surface area (TPSA) is 35.6 Å². The lowest BCUT2D eigenvalue weighted by molar-refractivity contribution is 0.0807. The molecule has 1 saturated carbocycles. The fourth-order valence-corrected chi connectivity index (χ4v) is 6.98. The van der Waals surface area contributed by atoms with E-state index in [0.29, 0.717) is 23.5 Å². The summed E-state index contributed by atoms with van der Waals surface area (Å²) in [6.07, 6.45) is 5.87. The van der Waals surface area contributed by atoms with Crippen LogP contribution >= 0.6 is 0 Å². The van der Waals surface area contributed by atoms with Crippen molar-refractivity contribution in [2.75, 3.05) is 45.1 Å². The molecule has 2 aromatic carbocycles. The van der Waals surface area contributed by atoms with Crippen LogP contribution in [-0.4, -0.2) is 61.4 Å². The van der Waals surface area contributed by atoms with E-state index in [-0.39, 0.29) is 11.9 Å². The van der Waals surface area contributed by atoms with Crippen molar-refractivity contribution in [2.45, 2.75) is 44.1 Å². The van der Waals surface area contributed by atoms with Gasteiger partial charge in [0.05, 0.1) is 6.04 Å². The molecule has 3 heterocycles. The van der Waals surface area contributed by atoms with Crippen LogP contribution in [0.1, 0.15) is 53.1 Å². The summed E-state index contributed by atoms with van der Waals surface area (Å²) < 4.78 is 13.3. The number of para-hydroxylation sites is 1. The minimum absolute atomic E-state index is 0.0330. The summed E-state index contributed by atoms with van der Waals surface area (Å²) in [4.78, 5) is 19.0. The van der Waals surface area contributed by atoms with E-state index in [4.69, 9.17) is 0 Å². The Morgan fingerprint density at radius 1 is 1.06 bits per heavy atom. The molecule has 1 N–H and O–H groups in total. The summed E-state index contributed by atoms with van der Waals surface area (Å²) in [5.41, 5.74) is 4.51. The maximum atomic E-state index is 14.0. The van der Waals surface area contributed by atoms with Gasteiger partial charge in [-0.25, -0.2) is 4.39 Å². The van der Waals surface area contributed by atoms with Gasteiger partial charge < -0.3 is 10.2 Å². The quantitative estimate of drug-likeness (QED) is 0.626. The van der Waals surface area contributed by atoms with E-state index in [1.165, 1.54) is 24.0 Å². The fraction of sp³-hybridized carbons (Fsp3) is 0.552. The van der Waals surface area contributed by atoms with Gasteiger partial charge in [0.25, 0.3) is 0 Å². The Morgan fingerprint density at radius 2 is 1.82 bits per heavy atom. The number of hydrogen-bond acceptors (Lipinski definition) is 4. The van der Waals surface area contributed by atoms with Crippen LogP contribution in [0.25, 0.3) is 0 Å². The van der Waals surface area contributed by atoms with Crippen LogP contribution in [0.2, 0.25) is 0 Å². The molecule has 34 heavy (non-hydrogen) atoms. The Hall–Kier alpha value is -2.24. The van der Waals surface area contributed by atoms with E-state index in [0.717, 1.165) is 69.2 Å². The number of anilines is 1. The van der Waals surface area contributed by atoms with Crippen molar-refractivity contribution in [3.63, 3.8) is 0 Å². The highest BCUT2D eigenvalue weighted by Crippen LogP contribution is 2.47. The van der Waals surface area contributed by atoms with Crippen LogP contribution in [-0.2, 0) is 6.42 Å². The van der Waals surface area contributed by atoms with E-state index in [1.807, 2.05) is 18.2 Å². The normalized spacial score (nSPS) is 28.1. The van der Waals surface area contributed by atoms with Gasteiger partial charge in [-0.3, -0.25) is 9.69 Å². The van der Waals surface area contributed by atoms with Crippen LogP contribution in [0, 0.1) is 23.6 Å². The summed E-state index contributed by atoms with van der Waals surface area (Å²) in [5, 5.41) is 3.48. The van der Waals surface area contributed by atoms with Gasteiger partial charge >= 0.3 is 0 Å². The zero-order valence-electron chi connectivity index (χ0n) is 20.2. The molecule has 180 valence electrons. The fourth-order valence-electron chi connectivity index (χ4n) is 6.98. The Bertz CT molecular complexity index is 1040. The second-order valence-corrected chi connectivity index (χ2v) is 11.1. The number of Topliss-reactive ketones (excluding diaryl/α,β-unsaturated/α-hetero) is 1. The van der Waals surface area contributed by atoms with Crippen LogP contribution in [0.15, 0.2) is 42.5 Å². The molecule has 3 fully saturated rings. The number of nitrogens with one attached hydrogen (secondary N) is 1. The first-order valence-corrected chi connectivity index (χ1v) is 13.2. The highest BCUT2D eigenvalue weighted by atomic mass is 19.1. The molecular weight excluding hydrogens is 425 g/mol. The molecule has 2 aromatic rings. The Balaban J connectivity index is 1.18. The predicted octanol–water partition coefficient (Wildman–Crippen LogP) is 4.81. The number of benzene rings is 2. The molecule has 6 rings (SSSR count). The molecule has 3 aliphatic heterocycles. The molecule has 3 atom stereocenters. The molecule has 0 aromatic heterocycles. The minimum atomic E-state index is -0.160. The van der Waals surface area contributed by atoms with E-state index >= 15 is 0 Å². The van der Waals surface area contributed by atoms with Crippen LogP contribution < -0.4 is 5.32 Å². The number of piperidine rings is 1. The third-order valence-corrected chi connectivity index (χ3v) is 8.94. The van der Waals surface area contributed by atoms with Crippen LogP contribution in [0.4, 0.5) is 10.1 Å². The molecule has 4 nitrogen and oxygen atoms in total. The van der Waals surface area contributed by atoms with Gasteiger partial charge in [-0.15, -0.1) is 0 Å². The van der Waals surface area contributed by atoms with Crippen molar-refractivity contribution in [3.8, 4) is 0 Å². The summed E-state index contributed by atoms with van der Waals surface area (Å²) >= 11 is 0. The molecule has 1 aliphatic carbocycles. The number of fused-ring (bicyclic) bond motifs is 1. The van der Waals surface area contributed by atoms with Crippen LogP contribution in [0.3, 0.4) is 0 Å². The van der Waals surface area contributed by atoms with Crippen LogP contribution in [0.5, 0.6) is 0 Å². The van der Waals surface area contributed by atoms with Gasteiger partial charge in [0.15, 0.2) is 5.78 Å². The lowest BCUT2D eigenvalue weighted by Crippen LogP contribution is -2.45. The Kier molecular flexibility index (Phi) is 5.94.